The molecule has 0 radical (unpaired) electrons. The van der Waals surface area contributed by atoms with E-state index in [2.05, 4.69) is 27.3 Å². The number of rotatable bonds is 5. The summed E-state index contributed by atoms with van der Waals surface area (Å²) in [6, 6.07) is 13.1. The number of halogens is 4. The maximum absolute atomic E-state index is 12.7. The highest BCUT2D eigenvalue weighted by Crippen LogP contribution is 2.29. The summed E-state index contributed by atoms with van der Waals surface area (Å²) in [6.07, 6.45) is -4.43. The average molecular weight is 468 g/mol. The molecular formula is C19H13BrF3N3OS. The van der Waals surface area contributed by atoms with Crippen molar-refractivity contribution in [2.45, 2.75) is 18.6 Å². The van der Waals surface area contributed by atoms with Crippen molar-refractivity contribution in [1.82, 2.24) is 5.32 Å². The minimum atomic E-state index is -4.43. The lowest BCUT2D eigenvalue weighted by atomic mass is 10.0. The second kappa shape index (κ2) is 8.59. The number of nitriles is 2. The van der Waals surface area contributed by atoms with Crippen LogP contribution in [0.5, 0.6) is 5.75 Å². The van der Waals surface area contributed by atoms with Gasteiger partial charge >= 0.3 is 6.18 Å². The molecule has 2 aromatic rings. The molecule has 9 heteroatoms. The Kier molecular flexibility index (Phi) is 6.65. The van der Waals surface area contributed by atoms with E-state index < -0.39 is 17.3 Å². The minimum absolute atomic E-state index is 0.0885. The largest absolute Gasteiger partial charge is 0.489 e. The van der Waals surface area contributed by atoms with E-state index in [9.17, 15) is 18.4 Å². The van der Waals surface area contributed by atoms with E-state index in [-0.39, 0.29) is 11.6 Å². The molecule has 1 unspecified atom stereocenters. The quantitative estimate of drug-likeness (QED) is 0.628. The van der Waals surface area contributed by atoms with Gasteiger partial charge in [0.05, 0.1) is 27.7 Å². The molecule has 0 bridgehead atoms. The van der Waals surface area contributed by atoms with Crippen LogP contribution in [0.25, 0.3) is 0 Å². The molecule has 144 valence electrons. The first-order chi connectivity index (χ1) is 13.1. The molecule has 0 heterocycles. The molecule has 0 aromatic heterocycles. The molecule has 0 aliphatic carbocycles. The molecular weight excluding hydrogens is 455 g/mol. The van der Waals surface area contributed by atoms with E-state index in [0.717, 1.165) is 12.1 Å². The Morgan fingerprint density at radius 1 is 1.18 bits per heavy atom. The van der Waals surface area contributed by atoms with Gasteiger partial charge in [-0.25, -0.2) is 0 Å². The first-order valence-electron chi connectivity index (χ1n) is 7.81. The Morgan fingerprint density at radius 2 is 1.82 bits per heavy atom. The van der Waals surface area contributed by atoms with Gasteiger partial charge in [0.2, 0.25) is 0 Å². The van der Waals surface area contributed by atoms with Crippen molar-refractivity contribution < 1.29 is 17.9 Å². The molecule has 2 rings (SSSR count). The SMILES string of the molecule is CC(C#N)(COc1ccc(C#N)cc1Br)NC(=S)c1ccc(C(F)(F)F)cc1. The smallest absolute Gasteiger partial charge is 0.416 e. The predicted octanol–water partition coefficient (Wildman–Crippen LogP) is 4.97. The number of hydrogen-bond acceptors (Lipinski definition) is 4. The zero-order valence-corrected chi connectivity index (χ0v) is 16.9. The van der Waals surface area contributed by atoms with Crippen molar-refractivity contribution in [3.8, 4) is 17.9 Å². The zero-order valence-electron chi connectivity index (χ0n) is 14.5. The lowest BCUT2D eigenvalue weighted by Crippen LogP contribution is -2.49. The maximum atomic E-state index is 12.7. The summed E-state index contributed by atoms with van der Waals surface area (Å²) in [6.45, 7) is 1.47. The second-order valence-corrected chi connectivity index (χ2v) is 7.28. The molecule has 0 fully saturated rings. The van der Waals surface area contributed by atoms with Crippen LogP contribution in [0.1, 0.15) is 23.6 Å². The standard InChI is InChI=1S/C19H13BrF3N3OS/c1-18(10-25,11-27-16-7-2-12(9-24)8-15(16)20)26-17(28)13-3-5-14(6-4-13)19(21,22)23/h2-8H,11H2,1H3,(H,26,28). The highest BCUT2D eigenvalue weighted by atomic mass is 79.9. The van der Waals surface area contributed by atoms with Crippen LogP contribution < -0.4 is 10.1 Å². The molecule has 4 nitrogen and oxygen atoms in total. The normalized spacial score (nSPS) is 13.0. The second-order valence-electron chi connectivity index (χ2n) is 6.02. The Balaban J connectivity index is 2.08. The number of ether oxygens (including phenoxy) is 1. The summed E-state index contributed by atoms with van der Waals surface area (Å²) in [4.78, 5) is 0.125. The van der Waals surface area contributed by atoms with Gasteiger partial charge in [0.15, 0.2) is 5.54 Å². The first-order valence-corrected chi connectivity index (χ1v) is 9.01. The Hall–Kier alpha value is -2.62. The van der Waals surface area contributed by atoms with Crippen molar-refractivity contribution in [3.05, 3.63) is 63.6 Å². The number of nitrogens with one attached hydrogen (secondary N) is 1. The van der Waals surface area contributed by atoms with Gasteiger partial charge in [0.25, 0.3) is 0 Å². The van der Waals surface area contributed by atoms with Gasteiger partial charge in [-0.2, -0.15) is 23.7 Å². The van der Waals surface area contributed by atoms with E-state index in [0.29, 0.717) is 21.3 Å². The Bertz CT molecular complexity index is 964. The summed E-state index contributed by atoms with van der Waals surface area (Å²) < 4.78 is 44.2. The van der Waals surface area contributed by atoms with Gasteiger partial charge < -0.3 is 10.1 Å². The fourth-order valence-electron chi connectivity index (χ4n) is 2.14. The molecule has 2 aromatic carbocycles. The molecule has 0 saturated carbocycles. The predicted molar refractivity (Wildman–Crippen MR) is 105 cm³/mol. The van der Waals surface area contributed by atoms with Crippen molar-refractivity contribution in [2.75, 3.05) is 6.61 Å². The van der Waals surface area contributed by atoms with Gasteiger partial charge in [0.1, 0.15) is 17.3 Å². The van der Waals surface area contributed by atoms with Crippen LogP contribution in [0.15, 0.2) is 46.9 Å². The third kappa shape index (κ3) is 5.44. The van der Waals surface area contributed by atoms with Crippen molar-refractivity contribution in [3.63, 3.8) is 0 Å². The fourth-order valence-corrected chi connectivity index (χ4v) is 2.99. The van der Waals surface area contributed by atoms with Crippen LogP contribution in [0.3, 0.4) is 0 Å². The number of alkyl halides is 3. The van der Waals surface area contributed by atoms with Crippen molar-refractivity contribution in [2.24, 2.45) is 0 Å². The van der Waals surface area contributed by atoms with Crippen LogP contribution in [0.4, 0.5) is 13.2 Å². The summed E-state index contributed by atoms with van der Waals surface area (Å²) in [7, 11) is 0. The third-order valence-electron chi connectivity index (χ3n) is 3.69. The summed E-state index contributed by atoms with van der Waals surface area (Å²) in [5.74, 6) is 0.433. The van der Waals surface area contributed by atoms with E-state index in [1.807, 2.05) is 6.07 Å². The first kappa shape index (κ1) is 21.7. The monoisotopic (exact) mass is 467 g/mol. The molecule has 0 aliphatic rings. The molecule has 1 atom stereocenters. The van der Waals surface area contributed by atoms with Gasteiger partial charge in [-0.05, 0) is 53.2 Å². The van der Waals surface area contributed by atoms with Crippen LogP contribution in [0, 0.1) is 22.7 Å². The van der Waals surface area contributed by atoms with E-state index >= 15 is 0 Å². The van der Waals surface area contributed by atoms with Gasteiger partial charge in [-0.15, -0.1) is 0 Å². The highest BCUT2D eigenvalue weighted by Gasteiger charge is 2.31. The Labute approximate surface area is 173 Å². The lowest BCUT2D eigenvalue weighted by Gasteiger charge is -2.25. The van der Waals surface area contributed by atoms with Crippen molar-refractivity contribution in [1.29, 1.82) is 10.5 Å². The van der Waals surface area contributed by atoms with Crippen LogP contribution in [-0.2, 0) is 6.18 Å². The van der Waals surface area contributed by atoms with Crippen LogP contribution in [0.2, 0.25) is 0 Å². The Morgan fingerprint density at radius 3 is 2.32 bits per heavy atom. The maximum Gasteiger partial charge on any atom is 0.416 e. The molecule has 0 saturated heterocycles. The minimum Gasteiger partial charge on any atom is -0.489 e. The lowest BCUT2D eigenvalue weighted by molar-refractivity contribution is -0.137. The van der Waals surface area contributed by atoms with E-state index in [1.54, 1.807) is 25.1 Å². The molecule has 0 spiro atoms. The average Bonchev–Trinajstić information content (AvgIpc) is 2.66. The number of benzene rings is 2. The third-order valence-corrected chi connectivity index (χ3v) is 4.65. The molecule has 1 N–H and O–H groups in total. The number of thiocarbonyl (C=S) groups is 1. The molecule has 28 heavy (non-hydrogen) atoms. The van der Waals surface area contributed by atoms with Gasteiger partial charge in [-0.1, -0.05) is 24.4 Å². The summed E-state index contributed by atoms with van der Waals surface area (Å²) >= 11 is 8.51. The fraction of sp³-hybridized carbons (Fsp3) is 0.211. The van der Waals surface area contributed by atoms with Crippen LogP contribution >= 0.6 is 28.1 Å². The van der Waals surface area contributed by atoms with Crippen molar-refractivity contribution >= 4 is 33.1 Å². The van der Waals surface area contributed by atoms with E-state index in [4.69, 9.17) is 22.2 Å². The number of hydrogen-bond donors (Lipinski definition) is 1. The van der Waals surface area contributed by atoms with E-state index in [1.165, 1.54) is 12.1 Å². The van der Waals surface area contributed by atoms with Crippen LogP contribution in [-0.4, -0.2) is 17.1 Å². The summed E-state index contributed by atoms with van der Waals surface area (Å²) in [5, 5.41) is 21.2. The zero-order chi connectivity index (χ0) is 20.9. The molecule has 0 aliphatic heterocycles. The molecule has 0 amide bonds. The summed E-state index contributed by atoms with van der Waals surface area (Å²) in [5.41, 5.74) is -1.21. The van der Waals surface area contributed by atoms with Gasteiger partial charge in [-0.3, -0.25) is 0 Å². The van der Waals surface area contributed by atoms with Gasteiger partial charge in [0, 0.05) is 5.56 Å². The topological polar surface area (TPSA) is 68.8 Å². The number of nitrogens with zero attached hydrogens (tertiary/aromatic N) is 2. The highest BCUT2D eigenvalue weighted by molar-refractivity contribution is 9.10.